The van der Waals surface area contributed by atoms with E-state index in [2.05, 4.69) is 5.32 Å². The van der Waals surface area contributed by atoms with Crippen LogP contribution in [0.2, 0.25) is 0 Å². The molecule has 0 aromatic heterocycles. The van der Waals surface area contributed by atoms with E-state index in [9.17, 15) is 9.18 Å². The van der Waals surface area contributed by atoms with Crippen LogP contribution in [-0.4, -0.2) is 30.8 Å². The Hall–Kier alpha value is -1.66. The summed E-state index contributed by atoms with van der Waals surface area (Å²) in [5, 5.41) is 11.5. The first-order valence-corrected chi connectivity index (χ1v) is 5.59. The summed E-state index contributed by atoms with van der Waals surface area (Å²) < 4.78 is 18.7. The lowest BCUT2D eigenvalue weighted by Gasteiger charge is -2.20. The highest BCUT2D eigenvalue weighted by Crippen LogP contribution is 2.22. The first kappa shape index (κ1) is 14.4. The van der Waals surface area contributed by atoms with Crippen molar-refractivity contribution < 1.29 is 19.0 Å². The average molecular weight is 256 g/mol. The van der Waals surface area contributed by atoms with Gasteiger partial charge in [-0.3, -0.25) is 4.79 Å². The third-order valence-electron chi connectivity index (χ3n) is 2.58. The number of rotatable bonds is 6. The molecule has 0 aliphatic heterocycles. The highest BCUT2D eigenvalue weighted by Gasteiger charge is 2.25. The van der Waals surface area contributed by atoms with E-state index in [4.69, 9.17) is 15.6 Å². The van der Waals surface area contributed by atoms with Gasteiger partial charge in [0.2, 0.25) is 0 Å². The molecule has 2 atom stereocenters. The van der Waals surface area contributed by atoms with Gasteiger partial charge in [-0.15, -0.1) is 0 Å². The number of carboxylic acid groups (broad SMARTS) is 1. The Balaban J connectivity index is 2.96. The van der Waals surface area contributed by atoms with Crippen molar-refractivity contribution >= 4 is 5.97 Å². The van der Waals surface area contributed by atoms with Crippen LogP contribution in [0.25, 0.3) is 0 Å². The molecule has 0 fully saturated rings. The lowest BCUT2D eigenvalue weighted by Crippen LogP contribution is -2.43. The van der Waals surface area contributed by atoms with Crippen molar-refractivity contribution in [3.63, 3.8) is 0 Å². The molecule has 0 amide bonds. The number of carbonyl (C=O) groups is 1. The van der Waals surface area contributed by atoms with Crippen LogP contribution < -0.4 is 15.8 Å². The van der Waals surface area contributed by atoms with E-state index < -0.39 is 23.9 Å². The maximum atomic E-state index is 13.6. The zero-order valence-electron chi connectivity index (χ0n) is 10.3. The van der Waals surface area contributed by atoms with Crippen LogP contribution in [0.3, 0.4) is 0 Å². The highest BCUT2D eigenvalue weighted by atomic mass is 19.1. The standard InChI is InChI=1S/C12H17FN2O3/c1-3-18-9-5-4-7(6-8(9)13)10(14)11(15-2)12(16)17/h4-6,10-11,15H,3,14H2,1-2H3,(H,16,17). The van der Waals surface area contributed by atoms with Crippen molar-refractivity contribution in [2.24, 2.45) is 5.73 Å². The third-order valence-corrected chi connectivity index (χ3v) is 2.58. The molecule has 4 N–H and O–H groups in total. The summed E-state index contributed by atoms with van der Waals surface area (Å²) in [5.41, 5.74) is 6.19. The summed E-state index contributed by atoms with van der Waals surface area (Å²) in [4.78, 5) is 10.9. The summed E-state index contributed by atoms with van der Waals surface area (Å²) in [6, 6.07) is 2.40. The number of benzene rings is 1. The minimum Gasteiger partial charge on any atom is -0.491 e. The molecule has 2 unspecified atom stereocenters. The molecular weight excluding hydrogens is 239 g/mol. The number of halogens is 1. The van der Waals surface area contributed by atoms with Gasteiger partial charge in [-0.1, -0.05) is 6.07 Å². The minimum absolute atomic E-state index is 0.129. The van der Waals surface area contributed by atoms with E-state index in [1.54, 1.807) is 13.0 Å². The Bertz CT molecular complexity index is 426. The number of ether oxygens (including phenoxy) is 1. The summed E-state index contributed by atoms with van der Waals surface area (Å²) in [6.07, 6.45) is 0. The van der Waals surface area contributed by atoms with Crippen molar-refractivity contribution in [3.8, 4) is 5.75 Å². The summed E-state index contributed by atoms with van der Waals surface area (Å²) in [7, 11) is 1.49. The maximum Gasteiger partial charge on any atom is 0.322 e. The van der Waals surface area contributed by atoms with Gasteiger partial charge in [0.15, 0.2) is 11.6 Å². The van der Waals surface area contributed by atoms with Crippen molar-refractivity contribution in [2.45, 2.75) is 19.0 Å². The van der Waals surface area contributed by atoms with Crippen molar-refractivity contribution in [2.75, 3.05) is 13.7 Å². The Labute approximate surface area is 105 Å². The lowest BCUT2D eigenvalue weighted by molar-refractivity contribution is -0.139. The molecule has 0 radical (unpaired) electrons. The number of aliphatic carboxylic acids is 1. The van der Waals surface area contributed by atoms with Crippen LogP contribution in [-0.2, 0) is 4.79 Å². The van der Waals surface area contributed by atoms with Crippen LogP contribution in [0.1, 0.15) is 18.5 Å². The topological polar surface area (TPSA) is 84.6 Å². The van der Waals surface area contributed by atoms with E-state index in [-0.39, 0.29) is 5.75 Å². The zero-order chi connectivity index (χ0) is 13.7. The summed E-state index contributed by atoms with van der Waals surface area (Å²) >= 11 is 0. The van der Waals surface area contributed by atoms with Crippen molar-refractivity contribution in [1.29, 1.82) is 0 Å². The number of likely N-dealkylation sites (N-methyl/N-ethyl adjacent to an activating group) is 1. The molecular formula is C12H17FN2O3. The second-order valence-electron chi connectivity index (χ2n) is 3.75. The summed E-state index contributed by atoms with van der Waals surface area (Å²) in [5.74, 6) is -1.51. The smallest absolute Gasteiger partial charge is 0.322 e. The predicted octanol–water partition coefficient (Wildman–Crippen LogP) is 0.897. The largest absolute Gasteiger partial charge is 0.491 e. The van der Waals surface area contributed by atoms with Crippen LogP contribution in [0, 0.1) is 5.82 Å². The summed E-state index contributed by atoms with van der Waals surface area (Å²) in [6.45, 7) is 2.11. The maximum absolute atomic E-state index is 13.6. The molecule has 0 bridgehead atoms. The van der Waals surface area contributed by atoms with Crippen molar-refractivity contribution in [1.82, 2.24) is 5.32 Å². The zero-order valence-corrected chi connectivity index (χ0v) is 10.3. The SMILES string of the molecule is CCOc1ccc(C(N)C(NC)C(=O)O)cc1F. The van der Waals surface area contributed by atoms with Gasteiger partial charge in [0.1, 0.15) is 6.04 Å². The first-order valence-electron chi connectivity index (χ1n) is 5.59. The Morgan fingerprint density at radius 2 is 2.28 bits per heavy atom. The molecule has 1 rings (SSSR count). The minimum atomic E-state index is -1.08. The molecule has 1 aromatic carbocycles. The average Bonchev–Trinajstić information content (AvgIpc) is 2.32. The molecule has 0 aliphatic carbocycles. The number of nitrogens with one attached hydrogen (secondary N) is 1. The van der Waals surface area contributed by atoms with Gasteiger partial charge in [-0.25, -0.2) is 4.39 Å². The van der Waals surface area contributed by atoms with Crippen LogP contribution >= 0.6 is 0 Å². The molecule has 0 aliphatic rings. The van der Waals surface area contributed by atoms with Gasteiger partial charge in [-0.2, -0.15) is 0 Å². The van der Waals surface area contributed by atoms with E-state index in [1.165, 1.54) is 19.2 Å². The molecule has 100 valence electrons. The fourth-order valence-electron chi connectivity index (χ4n) is 1.65. The molecule has 5 nitrogen and oxygen atoms in total. The van der Waals surface area contributed by atoms with Gasteiger partial charge in [0, 0.05) is 0 Å². The molecule has 0 saturated heterocycles. The fourth-order valence-corrected chi connectivity index (χ4v) is 1.65. The normalized spacial score (nSPS) is 14.0. The molecule has 1 aromatic rings. The Kier molecular flexibility index (Phi) is 5.06. The van der Waals surface area contributed by atoms with E-state index in [1.807, 2.05) is 0 Å². The molecule has 6 heteroatoms. The predicted molar refractivity (Wildman–Crippen MR) is 65.0 cm³/mol. The van der Waals surface area contributed by atoms with Gasteiger partial charge < -0.3 is 20.9 Å². The van der Waals surface area contributed by atoms with Gasteiger partial charge in [0.05, 0.1) is 12.6 Å². The number of hydrogen-bond donors (Lipinski definition) is 3. The first-order chi connectivity index (χ1) is 8.51. The monoisotopic (exact) mass is 256 g/mol. The third kappa shape index (κ3) is 3.18. The second-order valence-corrected chi connectivity index (χ2v) is 3.75. The van der Waals surface area contributed by atoms with Gasteiger partial charge in [0.25, 0.3) is 0 Å². The van der Waals surface area contributed by atoms with Crippen molar-refractivity contribution in [3.05, 3.63) is 29.6 Å². The highest BCUT2D eigenvalue weighted by molar-refractivity contribution is 5.74. The van der Waals surface area contributed by atoms with Gasteiger partial charge in [-0.05, 0) is 31.7 Å². The van der Waals surface area contributed by atoms with Crippen LogP contribution in [0.5, 0.6) is 5.75 Å². The molecule has 0 spiro atoms. The van der Waals surface area contributed by atoms with Gasteiger partial charge >= 0.3 is 5.97 Å². The number of carboxylic acids is 1. The molecule has 0 saturated carbocycles. The lowest BCUT2D eigenvalue weighted by atomic mass is 10.00. The quantitative estimate of drug-likeness (QED) is 0.704. The fraction of sp³-hybridized carbons (Fsp3) is 0.417. The van der Waals surface area contributed by atoms with Crippen LogP contribution in [0.4, 0.5) is 4.39 Å². The van der Waals surface area contributed by atoms with E-state index in [0.717, 1.165) is 0 Å². The molecule has 0 heterocycles. The van der Waals surface area contributed by atoms with E-state index in [0.29, 0.717) is 12.2 Å². The number of hydrogen-bond acceptors (Lipinski definition) is 4. The second kappa shape index (κ2) is 6.32. The van der Waals surface area contributed by atoms with Crippen LogP contribution in [0.15, 0.2) is 18.2 Å². The molecule has 18 heavy (non-hydrogen) atoms. The Morgan fingerprint density at radius 1 is 1.61 bits per heavy atom. The Morgan fingerprint density at radius 3 is 2.72 bits per heavy atom. The number of nitrogens with two attached hydrogens (primary N) is 1. The van der Waals surface area contributed by atoms with E-state index >= 15 is 0 Å².